The second kappa shape index (κ2) is 8.04. The van der Waals surface area contributed by atoms with Crippen molar-refractivity contribution in [3.05, 3.63) is 71.0 Å². The van der Waals surface area contributed by atoms with E-state index in [2.05, 4.69) is 55.3 Å². The maximum atomic E-state index is 12.3. The minimum absolute atomic E-state index is 0.245. The van der Waals surface area contributed by atoms with Gasteiger partial charge in [0.25, 0.3) is 5.91 Å². The number of nitrogens with one attached hydrogen (secondary N) is 1. The summed E-state index contributed by atoms with van der Waals surface area (Å²) in [6, 6.07) is 13.9. The number of furan rings is 1. The summed E-state index contributed by atoms with van der Waals surface area (Å²) in [5, 5.41) is 13.0. The molecular weight excluding hydrogens is 398 g/mol. The predicted molar refractivity (Wildman–Crippen MR) is 115 cm³/mol. The fraction of sp³-hybridized carbons (Fsp3) is 0.318. The number of rotatable bonds is 5. The average molecular weight is 422 g/mol. The molecule has 0 unspecified atom stereocenters. The summed E-state index contributed by atoms with van der Waals surface area (Å²) in [4.78, 5) is 16.2. The molecule has 1 amide bonds. The summed E-state index contributed by atoms with van der Waals surface area (Å²) >= 11 is 1.86. The molecule has 4 aromatic rings. The van der Waals surface area contributed by atoms with Gasteiger partial charge in [0.2, 0.25) is 0 Å². The van der Waals surface area contributed by atoms with Gasteiger partial charge in [0.15, 0.2) is 11.6 Å². The third-order valence-electron chi connectivity index (χ3n) is 5.48. The van der Waals surface area contributed by atoms with E-state index < -0.39 is 0 Å². The smallest absolute Gasteiger partial charge is 0.287 e. The van der Waals surface area contributed by atoms with E-state index in [1.807, 2.05) is 18.3 Å². The van der Waals surface area contributed by atoms with Gasteiger partial charge in [-0.2, -0.15) is 0 Å². The van der Waals surface area contributed by atoms with Crippen LogP contribution in [0.25, 0.3) is 10.1 Å². The van der Waals surface area contributed by atoms with Gasteiger partial charge in [-0.3, -0.25) is 9.69 Å². The van der Waals surface area contributed by atoms with Crippen molar-refractivity contribution in [2.24, 2.45) is 0 Å². The number of carbonyl (C=O) groups excluding carboxylic acids is 1. The highest BCUT2D eigenvalue weighted by atomic mass is 32.1. The molecule has 0 saturated heterocycles. The number of aromatic nitrogens is 3. The van der Waals surface area contributed by atoms with Crippen LogP contribution in [0.15, 0.2) is 53.1 Å². The van der Waals surface area contributed by atoms with Crippen LogP contribution in [0.4, 0.5) is 0 Å². The van der Waals surface area contributed by atoms with Crippen LogP contribution in [0.1, 0.15) is 40.0 Å². The van der Waals surface area contributed by atoms with Crippen molar-refractivity contribution in [2.45, 2.75) is 32.5 Å². The molecule has 1 atom stereocenters. The molecule has 0 spiro atoms. The Morgan fingerprint density at radius 2 is 2.10 bits per heavy atom. The van der Waals surface area contributed by atoms with Gasteiger partial charge in [0.1, 0.15) is 5.82 Å². The lowest BCUT2D eigenvalue weighted by Gasteiger charge is -2.19. The van der Waals surface area contributed by atoms with E-state index in [-0.39, 0.29) is 11.9 Å². The van der Waals surface area contributed by atoms with E-state index in [0.717, 1.165) is 44.2 Å². The molecule has 0 bridgehead atoms. The van der Waals surface area contributed by atoms with Gasteiger partial charge in [-0.25, -0.2) is 0 Å². The van der Waals surface area contributed by atoms with E-state index in [9.17, 15) is 4.79 Å². The number of thiophene rings is 1. The summed E-state index contributed by atoms with van der Waals surface area (Å²) in [6.45, 7) is 5.55. The monoisotopic (exact) mass is 421 g/mol. The van der Waals surface area contributed by atoms with Gasteiger partial charge >= 0.3 is 0 Å². The van der Waals surface area contributed by atoms with E-state index in [0.29, 0.717) is 5.76 Å². The van der Waals surface area contributed by atoms with Crippen LogP contribution in [0.2, 0.25) is 0 Å². The first-order valence-electron chi connectivity index (χ1n) is 10.1. The largest absolute Gasteiger partial charge is 0.459 e. The van der Waals surface area contributed by atoms with Crippen LogP contribution in [-0.4, -0.2) is 38.7 Å². The van der Waals surface area contributed by atoms with Crippen LogP contribution >= 0.6 is 11.3 Å². The molecule has 30 heavy (non-hydrogen) atoms. The molecule has 5 rings (SSSR count). The second-order valence-corrected chi connectivity index (χ2v) is 8.74. The Hall–Kier alpha value is -2.97. The Labute approximate surface area is 178 Å². The maximum absolute atomic E-state index is 12.3. The van der Waals surface area contributed by atoms with Gasteiger partial charge in [0, 0.05) is 42.2 Å². The molecule has 1 aromatic carbocycles. The summed E-state index contributed by atoms with van der Waals surface area (Å²) in [7, 11) is 0. The molecule has 1 N–H and O–H groups in total. The van der Waals surface area contributed by atoms with Gasteiger partial charge in [-0.15, -0.1) is 21.5 Å². The number of benzene rings is 1. The third-order valence-corrected chi connectivity index (χ3v) is 6.58. The molecule has 0 aliphatic carbocycles. The maximum Gasteiger partial charge on any atom is 0.287 e. The standard InChI is InChI=1S/C22H23N5O2S/c1-15(23-22(28)18-6-4-12-29-18)21-25-24-20-8-9-26(10-11-27(20)21)14-17-13-16-5-2-3-7-19(16)30-17/h2-7,12-13,15H,8-11,14H2,1H3,(H,23,28)/t15-/m1/s1. The quantitative estimate of drug-likeness (QED) is 0.532. The normalized spacial score (nSPS) is 15.6. The molecule has 8 heteroatoms. The average Bonchev–Trinajstić information content (AvgIpc) is 3.46. The fourth-order valence-electron chi connectivity index (χ4n) is 3.94. The first-order valence-corrected chi connectivity index (χ1v) is 10.9. The molecule has 7 nitrogen and oxygen atoms in total. The van der Waals surface area contributed by atoms with Crippen LogP contribution in [0, 0.1) is 0 Å². The van der Waals surface area contributed by atoms with Crippen molar-refractivity contribution in [1.29, 1.82) is 0 Å². The molecule has 0 fully saturated rings. The zero-order chi connectivity index (χ0) is 20.5. The first kappa shape index (κ1) is 19.0. The Kier molecular flexibility index (Phi) is 5.10. The molecular formula is C22H23N5O2S. The van der Waals surface area contributed by atoms with Crippen LogP contribution < -0.4 is 5.32 Å². The van der Waals surface area contributed by atoms with Crippen molar-refractivity contribution >= 4 is 27.3 Å². The van der Waals surface area contributed by atoms with Gasteiger partial charge in [-0.05, 0) is 36.6 Å². The second-order valence-electron chi connectivity index (χ2n) is 7.58. The summed E-state index contributed by atoms with van der Waals surface area (Å²) in [6.07, 6.45) is 2.34. The van der Waals surface area contributed by atoms with Crippen LogP contribution in [-0.2, 0) is 19.5 Å². The van der Waals surface area contributed by atoms with Gasteiger partial charge in [-0.1, -0.05) is 18.2 Å². The van der Waals surface area contributed by atoms with E-state index in [1.165, 1.54) is 21.2 Å². The first-order chi connectivity index (χ1) is 14.7. The Morgan fingerprint density at radius 1 is 1.20 bits per heavy atom. The van der Waals surface area contributed by atoms with Crippen molar-refractivity contribution in [3.8, 4) is 0 Å². The molecule has 154 valence electrons. The topological polar surface area (TPSA) is 76.2 Å². The number of carbonyl (C=O) groups is 1. The summed E-state index contributed by atoms with van der Waals surface area (Å²) in [5.74, 6) is 1.81. The number of fused-ring (bicyclic) bond motifs is 2. The number of hydrogen-bond donors (Lipinski definition) is 1. The van der Waals surface area contributed by atoms with Crippen LogP contribution in [0.5, 0.6) is 0 Å². The van der Waals surface area contributed by atoms with E-state index in [1.54, 1.807) is 12.1 Å². The Bertz CT molecular complexity index is 1130. The lowest BCUT2D eigenvalue weighted by molar-refractivity contribution is 0.0909. The number of nitrogens with zero attached hydrogens (tertiary/aromatic N) is 4. The predicted octanol–water partition coefficient (Wildman–Crippen LogP) is 3.64. The fourth-order valence-corrected chi connectivity index (χ4v) is 5.05. The number of hydrogen-bond acceptors (Lipinski definition) is 6. The Balaban J connectivity index is 1.26. The minimum atomic E-state index is -0.252. The molecule has 0 radical (unpaired) electrons. The summed E-state index contributed by atoms with van der Waals surface area (Å²) < 4.78 is 8.66. The van der Waals surface area contributed by atoms with E-state index >= 15 is 0 Å². The number of amides is 1. The highest BCUT2D eigenvalue weighted by molar-refractivity contribution is 7.19. The van der Waals surface area contributed by atoms with Gasteiger partial charge in [0.05, 0.1) is 12.3 Å². The summed E-state index contributed by atoms with van der Waals surface area (Å²) in [5.41, 5.74) is 0. The van der Waals surface area contributed by atoms with Gasteiger partial charge < -0.3 is 14.3 Å². The van der Waals surface area contributed by atoms with Crippen molar-refractivity contribution in [3.63, 3.8) is 0 Å². The Morgan fingerprint density at radius 3 is 2.93 bits per heavy atom. The lowest BCUT2D eigenvalue weighted by Crippen LogP contribution is -2.30. The molecule has 4 heterocycles. The highest BCUT2D eigenvalue weighted by Gasteiger charge is 2.23. The van der Waals surface area contributed by atoms with Crippen molar-refractivity contribution in [2.75, 3.05) is 13.1 Å². The molecule has 1 aliphatic heterocycles. The highest BCUT2D eigenvalue weighted by Crippen LogP contribution is 2.27. The SMILES string of the molecule is C[C@@H](NC(=O)c1ccco1)c1nnc2n1CCN(Cc1cc3ccccc3s1)CC2. The van der Waals surface area contributed by atoms with E-state index in [4.69, 9.17) is 4.42 Å². The third kappa shape index (κ3) is 3.76. The van der Waals surface area contributed by atoms with Crippen molar-refractivity contribution < 1.29 is 9.21 Å². The zero-order valence-electron chi connectivity index (χ0n) is 16.7. The molecule has 0 saturated carbocycles. The molecule has 1 aliphatic rings. The van der Waals surface area contributed by atoms with Crippen LogP contribution in [0.3, 0.4) is 0 Å². The lowest BCUT2D eigenvalue weighted by atomic mass is 10.2. The zero-order valence-corrected chi connectivity index (χ0v) is 17.6. The van der Waals surface area contributed by atoms with Crippen molar-refractivity contribution in [1.82, 2.24) is 25.0 Å². The molecule has 3 aromatic heterocycles. The minimum Gasteiger partial charge on any atom is -0.459 e.